The van der Waals surface area contributed by atoms with E-state index in [9.17, 15) is 0 Å². The maximum absolute atomic E-state index is 6.00. The van der Waals surface area contributed by atoms with E-state index in [2.05, 4.69) is 25.1 Å². The molecule has 7 heteroatoms. The van der Waals surface area contributed by atoms with Crippen LogP contribution in [0.5, 0.6) is 0 Å². The van der Waals surface area contributed by atoms with Crippen LogP contribution in [0.25, 0.3) is 0 Å². The molecular weight excluding hydrogens is 246 g/mol. The summed E-state index contributed by atoms with van der Waals surface area (Å²) in [5.41, 5.74) is 1.69. The van der Waals surface area contributed by atoms with Gasteiger partial charge in [0.2, 0.25) is 5.16 Å². The second-order valence-corrected chi connectivity index (χ2v) is 4.61. The molecule has 5 nitrogen and oxygen atoms in total. The summed E-state index contributed by atoms with van der Waals surface area (Å²) < 4.78 is 0. The number of H-pyrrole nitrogens is 1. The Balaban J connectivity index is 2.31. The normalized spacial score (nSPS) is 10.8. The highest BCUT2D eigenvalue weighted by Crippen LogP contribution is 2.28. The van der Waals surface area contributed by atoms with Gasteiger partial charge in [-0.15, -0.1) is 5.10 Å². The topological polar surface area (TPSA) is 67.3 Å². The Hall–Kier alpha value is -1.14. The van der Waals surface area contributed by atoms with E-state index in [1.165, 1.54) is 11.8 Å². The zero-order chi connectivity index (χ0) is 11.7. The molecule has 2 aromatic heterocycles. The first-order chi connectivity index (χ1) is 7.56. The SMILES string of the molecule is Cc1nc(Sc2nc(C)c(C)nc2Cl)n[nH]1. The van der Waals surface area contributed by atoms with Gasteiger partial charge in [-0.2, -0.15) is 0 Å². The lowest BCUT2D eigenvalue weighted by Crippen LogP contribution is -1.95. The van der Waals surface area contributed by atoms with Gasteiger partial charge in [0.1, 0.15) is 10.9 Å². The molecule has 16 heavy (non-hydrogen) atoms. The molecule has 84 valence electrons. The van der Waals surface area contributed by atoms with Crippen LogP contribution in [-0.2, 0) is 0 Å². The van der Waals surface area contributed by atoms with Gasteiger partial charge >= 0.3 is 0 Å². The Kier molecular flexibility index (Phi) is 3.11. The largest absolute Gasteiger partial charge is 0.262 e. The lowest BCUT2D eigenvalue weighted by Gasteiger charge is -2.03. The smallest absolute Gasteiger partial charge is 0.214 e. The van der Waals surface area contributed by atoms with Crippen molar-refractivity contribution in [2.45, 2.75) is 31.0 Å². The maximum Gasteiger partial charge on any atom is 0.214 e. The molecule has 0 atom stereocenters. The van der Waals surface area contributed by atoms with Crippen molar-refractivity contribution in [1.29, 1.82) is 0 Å². The predicted molar refractivity (Wildman–Crippen MR) is 61.8 cm³/mol. The van der Waals surface area contributed by atoms with Crippen LogP contribution in [0, 0.1) is 20.8 Å². The fourth-order valence-corrected chi connectivity index (χ4v) is 2.12. The zero-order valence-electron chi connectivity index (χ0n) is 9.08. The monoisotopic (exact) mass is 255 g/mol. The molecule has 0 spiro atoms. The first-order valence-electron chi connectivity index (χ1n) is 4.64. The number of rotatable bonds is 2. The Morgan fingerprint density at radius 3 is 2.38 bits per heavy atom. The van der Waals surface area contributed by atoms with E-state index in [0.29, 0.717) is 15.3 Å². The number of halogens is 1. The van der Waals surface area contributed by atoms with Gasteiger partial charge in [-0.1, -0.05) is 11.6 Å². The molecule has 0 aliphatic carbocycles. The quantitative estimate of drug-likeness (QED) is 0.892. The fourth-order valence-electron chi connectivity index (χ4n) is 1.07. The minimum absolute atomic E-state index is 0.385. The molecule has 0 bridgehead atoms. The third-order valence-electron chi connectivity index (χ3n) is 2.00. The van der Waals surface area contributed by atoms with Gasteiger partial charge in [-0.25, -0.2) is 15.0 Å². The molecule has 0 saturated carbocycles. The van der Waals surface area contributed by atoms with Gasteiger partial charge in [0.25, 0.3) is 0 Å². The highest BCUT2D eigenvalue weighted by molar-refractivity contribution is 7.99. The van der Waals surface area contributed by atoms with Crippen LogP contribution in [-0.4, -0.2) is 25.1 Å². The summed E-state index contributed by atoms with van der Waals surface area (Å²) in [6.45, 7) is 5.61. The first-order valence-corrected chi connectivity index (χ1v) is 5.83. The highest BCUT2D eigenvalue weighted by atomic mass is 35.5. The Morgan fingerprint density at radius 2 is 1.75 bits per heavy atom. The first kappa shape index (κ1) is 11.3. The van der Waals surface area contributed by atoms with E-state index in [0.717, 1.165) is 17.2 Å². The number of nitrogens with zero attached hydrogens (tertiary/aromatic N) is 4. The molecule has 0 saturated heterocycles. The Labute approximate surface area is 102 Å². The Morgan fingerprint density at radius 1 is 1.06 bits per heavy atom. The summed E-state index contributed by atoms with van der Waals surface area (Å²) in [4.78, 5) is 12.7. The van der Waals surface area contributed by atoms with E-state index < -0.39 is 0 Å². The second-order valence-electron chi connectivity index (χ2n) is 3.30. The van der Waals surface area contributed by atoms with Crippen LogP contribution in [0.2, 0.25) is 5.15 Å². The van der Waals surface area contributed by atoms with Gasteiger partial charge in [0, 0.05) is 0 Å². The molecule has 1 N–H and O–H groups in total. The van der Waals surface area contributed by atoms with E-state index >= 15 is 0 Å². The van der Waals surface area contributed by atoms with Gasteiger partial charge < -0.3 is 0 Å². The standard InChI is InChI=1S/C9H10ClN5S/c1-4-5(2)12-8(7(10)11-4)16-9-13-6(3)14-15-9/h1-3H3,(H,13,14,15). The van der Waals surface area contributed by atoms with Crippen LogP contribution in [0.3, 0.4) is 0 Å². The molecule has 0 aliphatic heterocycles. The van der Waals surface area contributed by atoms with Gasteiger partial charge in [-0.3, -0.25) is 5.10 Å². The van der Waals surface area contributed by atoms with Crippen LogP contribution >= 0.6 is 23.4 Å². The van der Waals surface area contributed by atoms with Crippen molar-refractivity contribution in [2.75, 3.05) is 0 Å². The average molecular weight is 256 g/mol. The average Bonchev–Trinajstić information content (AvgIpc) is 2.60. The Bertz CT molecular complexity index is 525. The summed E-state index contributed by atoms with van der Waals surface area (Å²) in [5.74, 6) is 0.760. The van der Waals surface area contributed by atoms with Crippen molar-refractivity contribution in [3.8, 4) is 0 Å². The van der Waals surface area contributed by atoms with E-state index in [-0.39, 0.29) is 0 Å². The van der Waals surface area contributed by atoms with E-state index in [4.69, 9.17) is 11.6 Å². The molecule has 0 radical (unpaired) electrons. The number of hydrogen-bond acceptors (Lipinski definition) is 5. The van der Waals surface area contributed by atoms with Crippen LogP contribution in [0.4, 0.5) is 0 Å². The summed E-state index contributed by atoms with van der Waals surface area (Å²) in [6, 6.07) is 0. The lowest BCUT2D eigenvalue weighted by molar-refractivity contribution is 0.936. The zero-order valence-corrected chi connectivity index (χ0v) is 10.6. The molecule has 0 aliphatic rings. The highest BCUT2D eigenvalue weighted by Gasteiger charge is 2.11. The molecule has 2 aromatic rings. The van der Waals surface area contributed by atoms with Gasteiger partial charge in [0.15, 0.2) is 5.15 Å². The lowest BCUT2D eigenvalue weighted by atomic mass is 10.4. The van der Waals surface area contributed by atoms with E-state index in [1.54, 1.807) is 0 Å². The number of hydrogen-bond donors (Lipinski definition) is 1. The third-order valence-corrected chi connectivity index (χ3v) is 3.22. The minimum atomic E-state index is 0.385. The van der Waals surface area contributed by atoms with Gasteiger partial charge in [-0.05, 0) is 32.5 Å². The van der Waals surface area contributed by atoms with E-state index in [1.807, 2.05) is 20.8 Å². The summed E-state index contributed by atoms with van der Waals surface area (Å²) >= 11 is 7.30. The van der Waals surface area contributed by atoms with Crippen molar-refractivity contribution in [3.05, 3.63) is 22.4 Å². The minimum Gasteiger partial charge on any atom is -0.262 e. The van der Waals surface area contributed by atoms with Crippen molar-refractivity contribution < 1.29 is 0 Å². The van der Waals surface area contributed by atoms with Crippen LogP contribution < -0.4 is 0 Å². The predicted octanol–water partition coefficient (Wildman–Crippen LogP) is 2.32. The third kappa shape index (κ3) is 2.33. The molecule has 0 aromatic carbocycles. The van der Waals surface area contributed by atoms with Crippen molar-refractivity contribution in [1.82, 2.24) is 25.1 Å². The number of aromatic nitrogens is 5. The van der Waals surface area contributed by atoms with Crippen molar-refractivity contribution >= 4 is 23.4 Å². The summed E-state index contributed by atoms with van der Waals surface area (Å²) in [7, 11) is 0. The number of nitrogens with one attached hydrogen (secondary N) is 1. The second kappa shape index (κ2) is 4.39. The number of aryl methyl sites for hydroxylation is 3. The molecule has 2 heterocycles. The summed E-state index contributed by atoms with van der Waals surface area (Å²) in [6.07, 6.45) is 0. The molecule has 0 fully saturated rings. The molecule has 0 amide bonds. The molecule has 2 rings (SSSR count). The number of aromatic amines is 1. The maximum atomic E-state index is 6.00. The van der Waals surface area contributed by atoms with Crippen LogP contribution in [0.15, 0.2) is 10.2 Å². The summed E-state index contributed by atoms with van der Waals surface area (Å²) in [5, 5.41) is 8.37. The molecule has 0 unspecified atom stereocenters. The van der Waals surface area contributed by atoms with Crippen LogP contribution in [0.1, 0.15) is 17.2 Å². The van der Waals surface area contributed by atoms with Crippen molar-refractivity contribution in [3.63, 3.8) is 0 Å². The molecular formula is C9H10ClN5S. The van der Waals surface area contributed by atoms with Gasteiger partial charge in [0.05, 0.1) is 11.4 Å². The van der Waals surface area contributed by atoms with Crippen molar-refractivity contribution in [2.24, 2.45) is 0 Å². The fraction of sp³-hybridized carbons (Fsp3) is 0.333.